The van der Waals surface area contributed by atoms with E-state index in [0.29, 0.717) is 28.8 Å². The molecular weight excluding hydrogens is 464 g/mol. The Bertz CT molecular complexity index is 1390. The molecule has 4 rings (SSSR count). The molecule has 1 atom stereocenters. The van der Waals surface area contributed by atoms with Gasteiger partial charge in [0.15, 0.2) is 0 Å². The van der Waals surface area contributed by atoms with Crippen molar-refractivity contribution in [2.24, 2.45) is 5.11 Å². The molecule has 36 heavy (non-hydrogen) atoms. The van der Waals surface area contributed by atoms with Crippen molar-refractivity contribution in [3.05, 3.63) is 92.7 Å². The van der Waals surface area contributed by atoms with E-state index in [9.17, 15) is 14.4 Å². The van der Waals surface area contributed by atoms with E-state index in [1.54, 1.807) is 42.5 Å². The number of nitrogens with zero attached hydrogens (tertiary/aromatic N) is 3. The summed E-state index contributed by atoms with van der Waals surface area (Å²) in [6.07, 6.45) is 6.10. The van der Waals surface area contributed by atoms with Gasteiger partial charge >= 0.3 is 11.6 Å². The number of carbonyl (C=O) groups is 2. The topological polar surface area (TPSA) is 144 Å². The van der Waals surface area contributed by atoms with E-state index in [0.717, 1.165) is 18.4 Å². The minimum atomic E-state index is -0.596. The lowest BCUT2D eigenvalue weighted by atomic mass is 10.1. The van der Waals surface area contributed by atoms with Crippen LogP contribution in [0.15, 0.2) is 75.0 Å². The molecule has 1 amide bonds. The highest BCUT2D eigenvalue weighted by atomic mass is 16.5. The summed E-state index contributed by atoms with van der Waals surface area (Å²) in [7, 11) is 0. The highest BCUT2D eigenvalue weighted by Crippen LogP contribution is 2.24. The SMILES string of the molecule is [N-]=[N+]=Nc1ccc(COc2ccc3c(CC(=O)NCC(=O)OC4CC=CCC4)cc(=O)oc3c2)cc1. The summed E-state index contributed by atoms with van der Waals surface area (Å²) < 4.78 is 16.5. The second kappa shape index (κ2) is 11.7. The van der Waals surface area contributed by atoms with Crippen LogP contribution in [0.1, 0.15) is 30.4 Å². The lowest BCUT2D eigenvalue weighted by Crippen LogP contribution is -2.33. The molecule has 0 spiro atoms. The summed E-state index contributed by atoms with van der Waals surface area (Å²) >= 11 is 0. The first-order valence-corrected chi connectivity index (χ1v) is 11.4. The maximum atomic E-state index is 12.4. The molecule has 1 heterocycles. The quantitative estimate of drug-likeness (QED) is 0.116. The number of allylic oxidation sites excluding steroid dienone is 1. The fraction of sp³-hybridized carbons (Fsp3) is 0.269. The Morgan fingerprint density at radius 3 is 2.72 bits per heavy atom. The van der Waals surface area contributed by atoms with Crippen molar-refractivity contribution < 1.29 is 23.5 Å². The third-order valence-electron chi connectivity index (χ3n) is 5.60. The predicted octanol–water partition coefficient (Wildman–Crippen LogP) is 4.62. The maximum Gasteiger partial charge on any atom is 0.336 e. The molecule has 0 saturated carbocycles. The number of esters is 1. The van der Waals surface area contributed by atoms with Gasteiger partial charge in [0.25, 0.3) is 0 Å². The van der Waals surface area contributed by atoms with Crippen molar-refractivity contribution in [2.45, 2.75) is 38.4 Å². The summed E-state index contributed by atoms with van der Waals surface area (Å²) in [5.74, 6) is -0.422. The second-order valence-corrected chi connectivity index (χ2v) is 8.24. The zero-order chi connectivity index (χ0) is 25.3. The van der Waals surface area contributed by atoms with Crippen molar-refractivity contribution in [2.75, 3.05) is 6.54 Å². The van der Waals surface area contributed by atoms with Crippen LogP contribution in [-0.2, 0) is 27.4 Å². The van der Waals surface area contributed by atoms with Crippen LogP contribution < -0.4 is 15.7 Å². The minimum absolute atomic E-state index is 0.0979. The van der Waals surface area contributed by atoms with Gasteiger partial charge in [-0.3, -0.25) is 9.59 Å². The largest absolute Gasteiger partial charge is 0.489 e. The van der Waals surface area contributed by atoms with Gasteiger partial charge in [-0.15, -0.1) is 0 Å². The van der Waals surface area contributed by atoms with Crippen LogP contribution in [-0.4, -0.2) is 24.5 Å². The maximum absolute atomic E-state index is 12.4. The number of carbonyl (C=O) groups excluding carboxylic acids is 2. The average molecular weight is 489 g/mol. The molecule has 0 aliphatic heterocycles. The summed E-state index contributed by atoms with van der Waals surface area (Å²) in [5, 5.41) is 6.67. The normalized spacial score (nSPS) is 14.6. The molecule has 1 N–H and O–H groups in total. The van der Waals surface area contributed by atoms with E-state index in [2.05, 4.69) is 21.4 Å². The molecule has 0 radical (unpaired) electrons. The Hall–Kier alpha value is -4.56. The first-order chi connectivity index (χ1) is 17.5. The van der Waals surface area contributed by atoms with E-state index in [-0.39, 0.29) is 31.3 Å². The van der Waals surface area contributed by atoms with Gasteiger partial charge in [-0.25, -0.2) is 4.79 Å². The number of hydrogen-bond acceptors (Lipinski definition) is 7. The summed E-state index contributed by atoms with van der Waals surface area (Å²) in [6, 6.07) is 13.2. The summed E-state index contributed by atoms with van der Waals surface area (Å²) in [5.41, 5.74) is 10.0. The Morgan fingerprint density at radius 2 is 1.97 bits per heavy atom. The Balaban J connectivity index is 1.36. The Labute approximate surface area is 206 Å². The molecule has 1 unspecified atom stereocenters. The van der Waals surface area contributed by atoms with Gasteiger partial charge in [-0.05, 0) is 41.6 Å². The number of hydrogen-bond donors (Lipinski definition) is 1. The van der Waals surface area contributed by atoms with Crippen LogP contribution in [0.4, 0.5) is 5.69 Å². The number of amides is 1. The molecule has 3 aromatic rings. The summed E-state index contributed by atoms with van der Waals surface area (Å²) in [6.45, 7) is 0.0158. The van der Waals surface area contributed by atoms with Crippen molar-refractivity contribution in [3.8, 4) is 5.75 Å². The van der Waals surface area contributed by atoms with Crippen LogP contribution in [0, 0.1) is 0 Å². The number of benzene rings is 2. The monoisotopic (exact) mass is 488 g/mol. The molecule has 184 valence electrons. The third-order valence-corrected chi connectivity index (χ3v) is 5.60. The summed E-state index contributed by atoms with van der Waals surface area (Å²) in [4.78, 5) is 39.3. The second-order valence-electron chi connectivity index (χ2n) is 8.24. The molecule has 1 aliphatic carbocycles. The molecule has 2 aromatic carbocycles. The van der Waals surface area contributed by atoms with Crippen LogP contribution >= 0.6 is 0 Å². The molecule has 0 saturated heterocycles. The van der Waals surface area contributed by atoms with Crippen LogP contribution in [0.5, 0.6) is 5.75 Å². The fourth-order valence-corrected chi connectivity index (χ4v) is 3.83. The molecular formula is C26H24N4O6. The van der Waals surface area contributed by atoms with Gasteiger partial charge in [0, 0.05) is 34.5 Å². The highest BCUT2D eigenvalue weighted by molar-refractivity contribution is 5.89. The first kappa shape index (κ1) is 24.6. The number of nitrogens with one attached hydrogen (secondary N) is 1. The van der Waals surface area contributed by atoms with Crippen molar-refractivity contribution in [1.82, 2.24) is 5.32 Å². The van der Waals surface area contributed by atoms with Gasteiger partial charge in [0.05, 0.1) is 6.42 Å². The van der Waals surface area contributed by atoms with Gasteiger partial charge < -0.3 is 19.2 Å². The zero-order valence-electron chi connectivity index (χ0n) is 19.4. The van der Waals surface area contributed by atoms with Gasteiger partial charge in [0.2, 0.25) is 5.91 Å². The van der Waals surface area contributed by atoms with Gasteiger partial charge in [-0.2, -0.15) is 0 Å². The molecule has 1 aromatic heterocycles. The minimum Gasteiger partial charge on any atom is -0.489 e. The molecule has 0 fully saturated rings. The van der Waals surface area contributed by atoms with Crippen LogP contribution in [0.25, 0.3) is 21.4 Å². The lowest BCUT2D eigenvalue weighted by Gasteiger charge is -2.18. The van der Waals surface area contributed by atoms with E-state index >= 15 is 0 Å². The molecule has 1 aliphatic rings. The molecule has 10 heteroatoms. The zero-order valence-corrected chi connectivity index (χ0v) is 19.4. The highest BCUT2D eigenvalue weighted by Gasteiger charge is 2.16. The Kier molecular flexibility index (Phi) is 8.00. The van der Waals surface area contributed by atoms with E-state index in [1.807, 2.05) is 6.08 Å². The fourth-order valence-electron chi connectivity index (χ4n) is 3.83. The van der Waals surface area contributed by atoms with Crippen LogP contribution in [0.3, 0.4) is 0 Å². The predicted molar refractivity (Wildman–Crippen MR) is 132 cm³/mol. The molecule has 0 bridgehead atoms. The van der Waals surface area contributed by atoms with Gasteiger partial charge in [-0.1, -0.05) is 41.5 Å². The van der Waals surface area contributed by atoms with Crippen LogP contribution in [0.2, 0.25) is 0 Å². The third kappa shape index (κ3) is 6.74. The number of azide groups is 1. The van der Waals surface area contributed by atoms with Crippen molar-refractivity contribution in [3.63, 3.8) is 0 Å². The van der Waals surface area contributed by atoms with Crippen molar-refractivity contribution >= 4 is 28.5 Å². The lowest BCUT2D eigenvalue weighted by molar-refractivity contribution is -0.149. The van der Waals surface area contributed by atoms with Gasteiger partial charge in [0.1, 0.15) is 30.6 Å². The van der Waals surface area contributed by atoms with Crippen molar-refractivity contribution in [1.29, 1.82) is 0 Å². The Morgan fingerprint density at radius 1 is 1.14 bits per heavy atom. The number of ether oxygens (including phenoxy) is 2. The standard InChI is InChI=1S/C26H24N4O6/c27-30-29-19-8-6-17(7-9-19)16-34-21-10-11-22-18(13-25(32)36-23(22)14-21)12-24(31)28-15-26(33)35-20-4-2-1-3-5-20/h1-2,6-11,13-14,20H,3-5,12,15-16H2,(H,28,31). The van der Waals surface area contributed by atoms with E-state index in [1.165, 1.54) is 6.07 Å². The molecule has 10 nitrogen and oxygen atoms in total. The average Bonchev–Trinajstić information content (AvgIpc) is 2.87. The van der Waals surface area contributed by atoms with E-state index in [4.69, 9.17) is 19.4 Å². The number of fused-ring (bicyclic) bond motifs is 1. The number of rotatable bonds is 9. The van der Waals surface area contributed by atoms with E-state index < -0.39 is 17.5 Å². The smallest absolute Gasteiger partial charge is 0.336 e. The first-order valence-electron chi connectivity index (χ1n) is 11.4.